The normalized spacial score (nSPS) is 15.3. The van der Waals surface area contributed by atoms with Crippen molar-refractivity contribution in [1.29, 1.82) is 5.26 Å². The lowest BCUT2D eigenvalue weighted by atomic mass is 9.95. The van der Waals surface area contributed by atoms with E-state index in [0.29, 0.717) is 43.6 Å². The Hall–Kier alpha value is -2.35. The van der Waals surface area contributed by atoms with Gasteiger partial charge in [-0.1, -0.05) is 13.0 Å². The van der Waals surface area contributed by atoms with Crippen LogP contribution in [0.4, 0.5) is 5.69 Å². The monoisotopic (exact) mass is 285 g/mol. The molecule has 0 aromatic heterocycles. The first-order valence-corrected chi connectivity index (χ1v) is 7.23. The van der Waals surface area contributed by atoms with Crippen molar-refractivity contribution in [3.63, 3.8) is 0 Å². The molecular formula is C16H19N3O2. The van der Waals surface area contributed by atoms with Crippen LogP contribution in [0.15, 0.2) is 24.3 Å². The third kappa shape index (κ3) is 3.82. The molecule has 1 aromatic rings. The van der Waals surface area contributed by atoms with E-state index in [2.05, 4.69) is 5.32 Å². The zero-order chi connectivity index (χ0) is 15.2. The molecule has 0 saturated carbocycles. The van der Waals surface area contributed by atoms with Gasteiger partial charge in [-0.15, -0.1) is 0 Å². The summed E-state index contributed by atoms with van der Waals surface area (Å²) in [4.78, 5) is 25.6. The van der Waals surface area contributed by atoms with Crippen molar-refractivity contribution in [2.24, 2.45) is 5.92 Å². The van der Waals surface area contributed by atoms with Gasteiger partial charge in [-0.05, 0) is 31.0 Å². The van der Waals surface area contributed by atoms with Crippen LogP contribution in [0.2, 0.25) is 0 Å². The number of carbonyl (C=O) groups is 2. The maximum Gasteiger partial charge on any atom is 0.227 e. The number of rotatable bonds is 3. The van der Waals surface area contributed by atoms with E-state index >= 15 is 0 Å². The molecule has 5 nitrogen and oxygen atoms in total. The summed E-state index contributed by atoms with van der Waals surface area (Å²) in [6.45, 7) is 3.13. The first kappa shape index (κ1) is 15.0. The van der Waals surface area contributed by atoms with E-state index in [4.69, 9.17) is 5.26 Å². The summed E-state index contributed by atoms with van der Waals surface area (Å²) in [7, 11) is 0. The molecule has 0 radical (unpaired) electrons. The molecule has 1 saturated heterocycles. The number of hydrogen-bond donors (Lipinski definition) is 1. The number of likely N-dealkylation sites (tertiary alicyclic amines) is 1. The molecule has 5 heteroatoms. The molecule has 1 aliphatic rings. The third-order valence-electron chi connectivity index (χ3n) is 3.78. The second-order valence-corrected chi connectivity index (χ2v) is 5.19. The number of carbonyl (C=O) groups excluding carboxylic acids is 2. The van der Waals surface area contributed by atoms with Crippen LogP contribution in [-0.2, 0) is 9.59 Å². The highest BCUT2D eigenvalue weighted by atomic mass is 16.2. The number of hydrogen-bond acceptors (Lipinski definition) is 3. The molecule has 0 spiro atoms. The molecule has 110 valence electrons. The van der Waals surface area contributed by atoms with Gasteiger partial charge in [0.15, 0.2) is 0 Å². The highest BCUT2D eigenvalue weighted by Crippen LogP contribution is 2.20. The minimum Gasteiger partial charge on any atom is -0.343 e. The molecule has 21 heavy (non-hydrogen) atoms. The van der Waals surface area contributed by atoms with E-state index in [0.717, 1.165) is 0 Å². The second-order valence-electron chi connectivity index (χ2n) is 5.19. The summed E-state index contributed by atoms with van der Waals surface area (Å²) < 4.78 is 0. The second kappa shape index (κ2) is 6.89. The van der Waals surface area contributed by atoms with Crippen LogP contribution in [0.1, 0.15) is 31.7 Å². The van der Waals surface area contributed by atoms with E-state index in [1.807, 2.05) is 17.9 Å². The number of nitrogens with zero attached hydrogens (tertiary/aromatic N) is 2. The summed E-state index contributed by atoms with van der Waals surface area (Å²) >= 11 is 0. The highest BCUT2D eigenvalue weighted by Gasteiger charge is 2.26. The summed E-state index contributed by atoms with van der Waals surface area (Å²) in [5, 5.41) is 11.7. The SMILES string of the molecule is CCC(=O)N1CCC(C(=O)Nc2cccc(C#N)c2)CC1. The molecule has 0 unspecified atom stereocenters. The fourth-order valence-electron chi connectivity index (χ4n) is 2.53. The fourth-order valence-corrected chi connectivity index (χ4v) is 2.53. The van der Waals surface area contributed by atoms with Crippen LogP contribution in [0.3, 0.4) is 0 Å². The molecular weight excluding hydrogens is 266 g/mol. The van der Waals surface area contributed by atoms with Gasteiger partial charge in [0.1, 0.15) is 0 Å². The minimum absolute atomic E-state index is 0.0336. The Bertz CT molecular complexity index is 569. The number of nitrogens with one attached hydrogen (secondary N) is 1. The van der Waals surface area contributed by atoms with E-state index in [9.17, 15) is 9.59 Å². The van der Waals surface area contributed by atoms with Crippen LogP contribution in [0, 0.1) is 17.2 Å². The van der Waals surface area contributed by atoms with E-state index < -0.39 is 0 Å². The van der Waals surface area contributed by atoms with E-state index in [1.54, 1.807) is 24.3 Å². The molecule has 0 aliphatic carbocycles. The predicted octanol–water partition coefficient (Wildman–Crippen LogP) is 2.15. The number of benzene rings is 1. The molecule has 0 atom stereocenters. The van der Waals surface area contributed by atoms with Gasteiger partial charge in [0, 0.05) is 31.1 Å². The van der Waals surface area contributed by atoms with Crippen molar-refractivity contribution in [2.75, 3.05) is 18.4 Å². The number of amides is 2. The summed E-state index contributed by atoms with van der Waals surface area (Å²) in [6.07, 6.45) is 1.89. The predicted molar refractivity (Wildman–Crippen MR) is 79.4 cm³/mol. The van der Waals surface area contributed by atoms with Crippen molar-refractivity contribution in [1.82, 2.24) is 4.90 Å². The van der Waals surface area contributed by atoms with Gasteiger partial charge < -0.3 is 10.2 Å². The van der Waals surface area contributed by atoms with Crippen molar-refractivity contribution >= 4 is 17.5 Å². The van der Waals surface area contributed by atoms with Gasteiger partial charge >= 0.3 is 0 Å². The maximum absolute atomic E-state index is 12.2. The topological polar surface area (TPSA) is 73.2 Å². The average molecular weight is 285 g/mol. The van der Waals surface area contributed by atoms with Crippen LogP contribution >= 0.6 is 0 Å². The number of nitriles is 1. The lowest BCUT2D eigenvalue weighted by molar-refractivity contribution is -0.134. The standard InChI is InChI=1S/C16H19N3O2/c1-2-15(20)19-8-6-13(7-9-19)16(21)18-14-5-3-4-12(10-14)11-17/h3-5,10,13H,2,6-9H2,1H3,(H,18,21). The molecule has 2 amide bonds. The Labute approximate surface area is 124 Å². The zero-order valence-corrected chi connectivity index (χ0v) is 12.1. The Balaban J connectivity index is 1.90. The largest absolute Gasteiger partial charge is 0.343 e. The maximum atomic E-state index is 12.2. The fraction of sp³-hybridized carbons (Fsp3) is 0.438. The first-order valence-electron chi connectivity index (χ1n) is 7.23. The Morgan fingerprint density at radius 3 is 2.71 bits per heavy atom. The van der Waals surface area contributed by atoms with Gasteiger partial charge in [-0.2, -0.15) is 5.26 Å². The lowest BCUT2D eigenvalue weighted by Crippen LogP contribution is -2.41. The Morgan fingerprint density at radius 1 is 1.38 bits per heavy atom. The first-order chi connectivity index (χ1) is 10.1. The van der Waals surface area contributed by atoms with Gasteiger partial charge in [0.25, 0.3) is 0 Å². The summed E-state index contributed by atoms with van der Waals surface area (Å²) in [5.41, 5.74) is 1.17. The smallest absolute Gasteiger partial charge is 0.227 e. The van der Waals surface area contributed by atoms with Crippen LogP contribution < -0.4 is 5.32 Å². The van der Waals surface area contributed by atoms with Crippen molar-refractivity contribution in [3.8, 4) is 6.07 Å². The molecule has 1 fully saturated rings. The van der Waals surface area contributed by atoms with Crippen LogP contribution in [-0.4, -0.2) is 29.8 Å². The van der Waals surface area contributed by atoms with Crippen LogP contribution in [0.25, 0.3) is 0 Å². The van der Waals surface area contributed by atoms with Crippen molar-refractivity contribution in [2.45, 2.75) is 26.2 Å². The molecule has 0 bridgehead atoms. The van der Waals surface area contributed by atoms with Gasteiger partial charge in [-0.25, -0.2) is 0 Å². The van der Waals surface area contributed by atoms with Gasteiger partial charge in [0.05, 0.1) is 11.6 Å². The minimum atomic E-state index is -0.0725. The van der Waals surface area contributed by atoms with Crippen LogP contribution in [0.5, 0.6) is 0 Å². The highest BCUT2D eigenvalue weighted by molar-refractivity contribution is 5.92. The molecule has 1 heterocycles. The van der Waals surface area contributed by atoms with Gasteiger partial charge in [0.2, 0.25) is 11.8 Å². The van der Waals surface area contributed by atoms with Crippen molar-refractivity contribution in [3.05, 3.63) is 29.8 Å². The molecule has 1 aromatic carbocycles. The molecule has 1 N–H and O–H groups in total. The quantitative estimate of drug-likeness (QED) is 0.924. The number of anilines is 1. The van der Waals surface area contributed by atoms with E-state index in [1.165, 1.54) is 0 Å². The summed E-state index contributed by atoms with van der Waals surface area (Å²) in [6, 6.07) is 8.93. The summed E-state index contributed by atoms with van der Waals surface area (Å²) in [5.74, 6) is 0.0425. The Kier molecular flexibility index (Phi) is 4.94. The third-order valence-corrected chi connectivity index (χ3v) is 3.78. The number of piperidine rings is 1. The average Bonchev–Trinajstić information content (AvgIpc) is 2.54. The zero-order valence-electron chi connectivity index (χ0n) is 12.1. The molecule has 2 rings (SSSR count). The Morgan fingerprint density at radius 2 is 2.10 bits per heavy atom. The molecule has 1 aliphatic heterocycles. The van der Waals surface area contributed by atoms with Gasteiger partial charge in [-0.3, -0.25) is 9.59 Å². The lowest BCUT2D eigenvalue weighted by Gasteiger charge is -2.31. The van der Waals surface area contributed by atoms with E-state index in [-0.39, 0.29) is 17.7 Å². The van der Waals surface area contributed by atoms with Crippen molar-refractivity contribution < 1.29 is 9.59 Å².